The van der Waals surface area contributed by atoms with Gasteiger partial charge >= 0.3 is 5.92 Å². The molecule has 2 heterocycles. The van der Waals surface area contributed by atoms with Crippen LogP contribution in [0.15, 0.2) is 16.6 Å². The van der Waals surface area contributed by atoms with E-state index in [1.165, 1.54) is 6.07 Å². The summed E-state index contributed by atoms with van der Waals surface area (Å²) < 4.78 is 46.5. The van der Waals surface area contributed by atoms with Crippen LogP contribution in [0.2, 0.25) is 0 Å². The van der Waals surface area contributed by atoms with E-state index in [-0.39, 0.29) is 21.5 Å². The highest BCUT2D eigenvalue weighted by Crippen LogP contribution is 2.46. The van der Waals surface area contributed by atoms with Crippen molar-refractivity contribution in [1.82, 2.24) is 4.98 Å². The fraction of sp³-hybridized carbons (Fsp3) is 0.167. The van der Waals surface area contributed by atoms with E-state index in [1.54, 1.807) is 0 Å². The predicted octanol–water partition coefficient (Wildman–Crippen LogP) is 2.56. The number of carboxylic acids is 1. The number of carbonyl (C=O) groups is 1. The Balaban J connectivity index is 2.31. The SMILES string of the molecule is O=C([O-])c1nc2c(s1)C(F)(F)COc1cc(F)c(Br)cc1-2. The van der Waals surface area contributed by atoms with Crippen LogP contribution in [-0.4, -0.2) is 17.6 Å². The number of halogens is 4. The van der Waals surface area contributed by atoms with Crippen LogP contribution in [0.4, 0.5) is 13.2 Å². The van der Waals surface area contributed by atoms with Crippen molar-refractivity contribution in [2.24, 2.45) is 0 Å². The number of alkyl halides is 2. The number of nitrogens with zero attached hydrogens (tertiary/aromatic N) is 1. The van der Waals surface area contributed by atoms with Gasteiger partial charge in [0.25, 0.3) is 0 Å². The lowest BCUT2D eigenvalue weighted by molar-refractivity contribution is -0.255. The zero-order valence-corrected chi connectivity index (χ0v) is 12.4. The van der Waals surface area contributed by atoms with Gasteiger partial charge in [-0.2, -0.15) is 8.78 Å². The maximum atomic E-state index is 14.0. The first-order valence-corrected chi connectivity index (χ1v) is 7.13. The van der Waals surface area contributed by atoms with Gasteiger partial charge in [-0.25, -0.2) is 9.37 Å². The molecule has 3 rings (SSSR count). The van der Waals surface area contributed by atoms with Crippen LogP contribution in [0.5, 0.6) is 5.75 Å². The Morgan fingerprint density at radius 1 is 1.48 bits per heavy atom. The highest BCUT2D eigenvalue weighted by molar-refractivity contribution is 9.10. The number of rotatable bonds is 1. The number of aromatic carboxylic acids is 1. The van der Waals surface area contributed by atoms with Crippen molar-refractivity contribution in [3.8, 4) is 17.0 Å². The molecule has 0 saturated heterocycles. The number of carboxylic acid groups (broad SMARTS) is 1. The van der Waals surface area contributed by atoms with Crippen molar-refractivity contribution in [3.05, 3.63) is 32.3 Å². The van der Waals surface area contributed by atoms with Crippen molar-refractivity contribution < 1.29 is 27.8 Å². The standard InChI is InChI=1S/C12H5BrF3NO3S/c13-5-1-4-7(2-6(5)14)20-3-12(15,16)9-8(4)17-10(21-9)11(18)19/h1-2H,3H2,(H,18,19)/p-1. The molecule has 110 valence electrons. The summed E-state index contributed by atoms with van der Waals surface area (Å²) in [6.07, 6.45) is 0. The minimum Gasteiger partial charge on any atom is -0.542 e. The largest absolute Gasteiger partial charge is 0.542 e. The molecule has 1 aliphatic heterocycles. The van der Waals surface area contributed by atoms with E-state index >= 15 is 0 Å². The first kappa shape index (κ1) is 14.3. The zero-order chi connectivity index (χ0) is 15.4. The first-order valence-electron chi connectivity index (χ1n) is 5.52. The number of aromatic nitrogens is 1. The molecule has 0 aliphatic carbocycles. The lowest BCUT2D eigenvalue weighted by Gasteiger charge is -2.12. The smallest absolute Gasteiger partial charge is 0.317 e. The Kier molecular flexibility index (Phi) is 3.21. The van der Waals surface area contributed by atoms with Crippen LogP contribution in [0.1, 0.15) is 14.7 Å². The van der Waals surface area contributed by atoms with Gasteiger partial charge in [-0.1, -0.05) is 0 Å². The monoisotopic (exact) mass is 378 g/mol. The third-order valence-electron chi connectivity index (χ3n) is 2.82. The van der Waals surface area contributed by atoms with Crippen LogP contribution in [0, 0.1) is 5.82 Å². The van der Waals surface area contributed by atoms with Crippen molar-refractivity contribution >= 4 is 33.2 Å². The van der Waals surface area contributed by atoms with E-state index in [0.29, 0.717) is 11.3 Å². The molecule has 2 aromatic rings. The molecular weight excluding hydrogens is 375 g/mol. The van der Waals surface area contributed by atoms with Crippen molar-refractivity contribution in [2.75, 3.05) is 6.61 Å². The number of hydrogen-bond acceptors (Lipinski definition) is 5. The van der Waals surface area contributed by atoms with Crippen LogP contribution in [0.25, 0.3) is 11.3 Å². The number of fused-ring (bicyclic) bond motifs is 3. The van der Waals surface area contributed by atoms with E-state index < -0.39 is 34.2 Å². The Morgan fingerprint density at radius 2 is 2.19 bits per heavy atom. The lowest BCUT2D eigenvalue weighted by Crippen LogP contribution is -2.22. The van der Waals surface area contributed by atoms with Gasteiger partial charge in [-0.05, 0) is 22.0 Å². The number of ether oxygens (including phenoxy) is 1. The average molecular weight is 379 g/mol. The molecule has 0 N–H and O–H groups in total. The van der Waals surface area contributed by atoms with Crippen LogP contribution >= 0.6 is 27.3 Å². The molecule has 21 heavy (non-hydrogen) atoms. The molecule has 4 nitrogen and oxygen atoms in total. The Bertz CT molecular complexity index is 762. The van der Waals surface area contributed by atoms with Crippen LogP contribution in [-0.2, 0) is 5.92 Å². The van der Waals surface area contributed by atoms with Gasteiger partial charge in [-0.3, -0.25) is 0 Å². The van der Waals surface area contributed by atoms with E-state index in [1.807, 2.05) is 0 Å². The molecule has 0 fully saturated rings. The Labute approximate surface area is 128 Å². The summed E-state index contributed by atoms with van der Waals surface area (Å²) in [4.78, 5) is 14.0. The molecular formula is C12H4BrF3NO3S-. The summed E-state index contributed by atoms with van der Waals surface area (Å²) in [5.41, 5.74) is -0.142. The summed E-state index contributed by atoms with van der Waals surface area (Å²) >= 11 is 3.27. The number of benzene rings is 1. The summed E-state index contributed by atoms with van der Waals surface area (Å²) in [7, 11) is 0. The number of carbonyl (C=O) groups excluding carboxylic acids is 1. The van der Waals surface area contributed by atoms with Crippen molar-refractivity contribution in [3.63, 3.8) is 0 Å². The molecule has 0 radical (unpaired) electrons. The molecule has 0 amide bonds. The second-order valence-electron chi connectivity index (χ2n) is 4.24. The molecule has 0 unspecified atom stereocenters. The highest BCUT2D eigenvalue weighted by Gasteiger charge is 2.42. The van der Waals surface area contributed by atoms with Crippen LogP contribution < -0.4 is 9.84 Å². The molecule has 1 aliphatic rings. The van der Waals surface area contributed by atoms with E-state index in [0.717, 1.165) is 6.07 Å². The van der Waals surface area contributed by atoms with Crippen LogP contribution in [0.3, 0.4) is 0 Å². The molecule has 0 saturated carbocycles. The predicted molar refractivity (Wildman–Crippen MR) is 68.9 cm³/mol. The zero-order valence-electron chi connectivity index (χ0n) is 9.95. The van der Waals surface area contributed by atoms with E-state index in [4.69, 9.17) is 4.74 Å². The van der Waals surface area contributed by atoms with Gasteiger partial charge in [0, 0.05) is 11.6 Å². The fourth-order valence-corrected chi connectivity index (χ4v) is 3.12. The second kappa shape index (κ2) is 4.70. The van der Waals surface area contributed by atoms with Gasteiger partial charge in [-0.15, -0.1) is 11.3 Å². The third kappa shape index (κ3) is 2.30. The van der Waals surface area contributed by atoms with E-state index in [9.17, 15) is 23.1 Å². The Morgan fingerprint density at radius 3 is 2.86 bits per heavy atom. The van der Waals surface area contributed by atoms with Gasteiger partial charge < -0.3 is 14.6 Å². The molecule has 1 aromatic heterocycles. The minimum atomic E-state index is -3.43. The van der Waals surface area contributed by atoms with Gasteiger partial charge in [0.2, 0.25) is 0 Å². The summed E-state index contributed by atoms with van der Waals surface area (Å²) in [5.74, 6) is -5.88. The maximum Gasteiger partial charge on any atom is 0.317 e. The summed E-state index contributed by atoms with van der Waals surface area (Å²) in [6, 6.07) is 2.17. The van der Waals surface area contributed by atoms with Gasteiger partial charge in [0.1, 0.15) is 27.4 Å². The molecule has 9 heteroatoms. The topological polar surface area (TPSA) is 62.2 Å². The molecule has 1 aromatic carbocycles. The van der Waals surface area contributed by atoms with E-state index in [2.05, 4.69) is 20.9 Å². The highest BCUT2D eigenvalue weighted by atomic mass is 79.9. The molecule has 0 bridgehead atoms. The quantitative estimate of drug-likeness (QED) is 0.764. The molecule has 0 spiro atoms. The summed E-state index contributed by atoms with van der Waals surface area (Å²) in [6.45, 7) is -1.03. The molecule has 0 atom stereocenters. The number of thiazole rings is 1. The second-order valence-corrected chi connectivity index (χ2v) is 6.09. The van der Waals surface area contributed by atoms with Gasteiger partial charge in [0.15, 0.2) is 6.61 Å². The number of hydrogen-bond donors (Lipinski definition) is 0. The first-order chi connectivity index (χ1) is 9.79. The minimum absolute atomic E-state index is 0.0315. The van der Waals surface area contributed by atoms with Gasteiger partial charge in [0.05, 0.1) is 10.2 Å². The van der Waals surface area contributed by atoms with Crippen molar-refractivity contribution in [1.29, 1.82) is 0 Å². The summed E-state index contributed by atoms with van der Waals surface area (Å²) in [5, 5.41) is 10.3. The Hall–Kier alpha value is -1.61. The average Bonchev–Trinajstić information content (AvgIpc) is 2.82. The lowest BCUT2D eigenvalue weighted by atomic mass is 10.1. The third-order valence-corrected chi connectivity index (χ3v) is 4.58. The van der Waals surface area contributed by atoms with Crippen molar-refractivity contribution in [2.45, 2.75) is 5.92 Å². The maximum absolute atomic E-state index is 14.0. The fourth-order valence-electron chi connectivity index (χ4n) is 1.90. The normalized spacial score (nSPS) is 15.6.